The molecule has 0 bridgehead atoms. The number of carbonyl (C=O) groups excluding carboxylic acids is 1. The molecule has 0 spiro atoms. The van der Waals surface area contributed by atoms with Crippen molar-refractivity contribution in [2.24, 2.45) is 11.8 Å². The molecule has 1 fully saturated rings. The van der Waals surface area contributed by atoms with Crippen molar-refractivity contribution in [3.8, 4) is 0 Å². The zero-order valence-corrected chi connectivity index (χ0v) is 14.1. The van der Waals surface area contributed by atoms with Crippen molar-refractivity contribution in [2.75, 3.05) is 13.2 Å². The summed E-state index contributed by atoms with van der Waals surface area (Å²) in [6.07, 6.45) is -0.103. The van der Waals surface area contributed by atoms with E-state index in [4.69, 9.17) is 9.47 Å². The van der Waals surface area contributed by atoms with Crippen LogP contribution in [0.4, 0.5) is 4.79 Å². The second-order valence-electron chi connectivity index (χ2n) is 7.11. The molecular formula is C18H27NO4. The number of carbonyl (C=O) groups is 1. The number of ether oxygens (including phenoxy) is 2. The fourth-order valence-corrected chi connectivity index (χ4v) is 2.49. The van der Waals surface area contributed by atoms with Gasteiger partial charge in [-0.1, -0.05) is 30.3 Å². The van der Waals surface area contributed by atoms with Crippen molar-refractivity contribution in [3.63, 3.8) is 0 Å². The average molecular weight is 321 g/mol. The topological polar surface area (TPSA) is 67.8 Å². The highest BCUT2D eigenvalue weighted by Crippen LogP contribution is 2.41. The number of nitrogens with one attached hydrogen (secondary N) is 1. The smallest absolute Gasteiger partial charge is 0.407 e. The Bertz CT molecular complexity index is 497. The zero-order chi connectivity index (χ0) is 16.9. The van der Waals surface area contributed by atoms with Crippen molar-refractivity contribution in [3.05, 3.63) is 35.9 Å². The molecule has 0 radical (unpaired) electrons. The van der Waals surface area contributed by atoms with Gasteiger partial charge < -0.3 is 19.9 Å². The Hall–Kier alpha value is -1.59. The summed E-state index contributed by atoms with van der Waals surface area (Å²) in [5.41, 5.74) is 0.624. The average Bonchev–Trinajstić information content (AvgIpc) is 3.24. The van der Waals surface area contributed by atoms with Crippen molar-refractivity contribution in [2.45, 2.75) is 45.5 Å². The van der Waals surface area contributed by atoms with E-state index in [1.54, 1.807) is 0 Å². The summed E-state index contributed by atoms with van der Waals surface area (Å²) in [6.45, 7) is 6.88. The Morgan fingerprint density at radius 1 is 1.35 bits per heavy atom. The number of aliphatic hydroxyl groups is 1. The van der Waals surface area contributed by atoms with Crippen LogP contribution in [0.15, 0.2) is 30.3 Å². The minimum Gasteiger partial charge on any atom is -0.444 e. The maximum absolute atomic E-state index is 11.5. The van der Waals surface area contributed by atoms with Crippen molar-refractivity contribution < 1.29 is 19.4 Å². The van der Waals surface area contributed by atoms with E-state index in [0.717, 1.165) is 12.0 Å². The summed E-state index contributed by atoms with van der Waals surface area (Å²) in [5, 5.41) is 12.7. The normalized spacial score (nSPS) is 21.6. The Kier molecular flexibility index (Phi) is 6.02. The molecule has 0 aromatic heterocycles. The molecule has 128 valence electrons. The standard InChI is InChI=1S/C18H27NO4/c1-18(2,3)23-17(21)19-10-16(20)15-9-14(15)12-22-11-13-7-5-4-6-8-13/h4-8,14-16,20H,9-12H2,1-3H3,(H,19,21)/t14?,15?,16-/m1/s1. The van der Waals surface area contributed by atoms with E-state index in [0.29, 0.717) is 19.1 Å². The lowest BCUT2D eigenvalue weighted by atomic mass is 10.2. The minimum atomic E-state index is -0.548. The third-order valence-corrected chi connectivity index (χ3v) is 3.77. The number of hydrogen-bond acceptors (Lipinski definition) is 4. The van der Waals surface area contributed by atoms with Gasteiger partial charge in [0.2, 0.25) is 0 Å². The third kappa shape index (κ3) is 6.59. The Labute approximate surface area is 138 Å². The Morgan fingerprint density at radius 3 is 2.70 bits per heavy atom. The fourth-order valence-electron chi connectivity index (χ4n) is 2.49. The predicted octanol–water partition coefficient (Wildman–Crippen LogP) is 2.72. The summed E-state index contributed by atoms with van der Waals surface area (Å²) in [4.78, 5) is 11.5. The van der Waals surface area contributed by atoms with Crippen LogP contribution in [-0.4, -0.2) is 36.1 Å². The van der Waals surface area contributed by atoms with Crippen molar-refractivity contribution >= 4 is 6.09 Å². The number of rotatable bonds is 7. The van der Waals surface area contributed by atoms with Gasteiger partial charge in [-0.05, 0) is 44.6 Å². The van der Waals surface area contributed by atoms with Gasteiger partial charge >= 0.3 is 6.09 Å². The highest BCUT2D eigenvalue weighted by Gasteiger charge is 2.42. The molecule has 1 saturated carbocycles. The van der Waals surface area contributed by atoms with Crippen molar-refractivity contribution in [1.82, 2.24) is 5.32 Å². The molecule has 1 aliphatic rings. The van der Waals surface area contributed by atoms with Gasteiger partial charge in [0.25, 0.3) is 0 Å². The number of aliphatic hydroxyl groups excluding tert-OH is 1. The monoisotopic (exact) mass is 321 g/mol. The van der Waals surface area contributed by atoms with Gasteiger partial charge in [0, 0.05) is 6.54 Å². The van der Waals surface area contributed by atoms with Gasteiger partial charge in [0.15, 0.2) is 0 Å². The lowest BCUT2D eigenvalue weighted by Crippen LogP contribution is -2.37. The first kappa shape index (κ1) is 17.8. The summed E-state index contributed by atoms with van der Waals surface area (Å²) < 4.78 is 10.8. The third-order valence-electron chi connectivity index (χ3n) is 3.77. The summed E-state index contributed by atoms with van der Waals surface area (Å²) in [5.74, 6) is 0.565. The minimum absolute atomic E-state index is 0.195. The van der Waals surface area contributed by atoms with E-state index in [1.807, 2.05) is 51.1 Å². The van der Waals surface area contributed by atoms with E-state index in [9.17, 15) is 9.90 Å². The van der Waals surface area contributed by atoms with Crippen LogP contribution in [0.3, 0.4) is 0 Å². The highest BCUT2D eigenvalue weighted by molar-refractivity contribution is 5.67. The predicted molar refractivity (Wildman–Crippen MR) is 87.9 cm³/mol. The first-order valence-electron chi connectivity index (χ1n) is 8.12. The molecule has 1 amide bonds. The molecule has 2 rings (SSSR count). The largest absolute Gasteiger partial charge is 0.444 e. The zero-order valence-electron chi connectivity index (χ0n) is 14.1. The second-order valence-corrected chi connectivity index (χ2v) is 7.11. The van der Waals surface area contributed by atoms with Crippen LogP contribution in [0.2, 0.25) is 0 Å². The van der Waals surface area contributed by atoms with Gasteiger partial charge in [0.1, 0.15) is 5.60 Å². The van der Waals surface area contributed by atoms with Crippen molar-refractivity contribution in [1.29, 1.82) is 0 Å². The van der Waals surface area contributed by atoms with E-state index < -0.39 is 17.8 Å². The van der Waals surface area contributed by atoms with Gasteiger partial charge in [-0.3, -0.25) is 0 Å². The maximum atomic E-state index is 11.5. The molecular weight excluding hydrogens is 294 g/mol. The number of hydrogen-bond donors (Lipinski definition) is 2. The molecule has 0 aliphatic heterocycles. The molecule has 23 heavy (non-hydrogen) atoms. The van der Waals surface area contributed by atoms with Gasteiger partial charge in [-0.2, -0.15) is 0 Å². The Balaban J connectivity index is 1.59. The SMILES string of the molecule is CC(C)(C)OC(=O)NC[C@@H](O)C1CC1COCc1ccccc1. The number of amides is 1. The fraction of sp³-hybridized carbons (Fsp3) is 0.611. The molecule has 1 aromatic rings. The quantitative estimate of drug-likeness (QED) is 0.810. The van der Waals surface area contributed by atoms with E-state index in [-0.39, 0.29) is 12.5 Å². The van der Waals surface area contributed by atoms with Crippen LogP contribution in [0.25, 0.3) is 0 Å². The summed E-state index contributed by atoms with van der Waals surface area (Å²) >= 11 is 0. The Morgan fingerprint density at radius 2 is 2.04 bits per heavy atom. The van der Waals surface area contributed by atoms with Crippen LogP contribution in [-0.2, 0) is 16.1 Å². The van der Waals surface area contributed by atoms with Gasteiger partial charge in [-0.15, -0.1) is 0 Å². The molecule has 5 heteroatoms. The summed E-state index contributed by atoms with van der Waals surface area (Å²) in [6, 6.07) is 10.0. The molecule has 2 unspecified atom stereocenters. The molecule has 2 N–H and O–H groups in total. The van der Waals surface area contributed by atoms with E-state index in [2.05, 4.69) is 5.32 Å². The van der Waals surface area contributed by atoms with E-state index in [1.165, 1.54) is 0 Å². The molecule has 5 nitrogen and oxygen atoms in total. The second kappa shape index (κ2) is 7.79. The lowest BCUT2D eigenvalue weighted by Gasteiger charge is -2.20. The molecule has 0 heterocycles. The number of alkyl carbamates (subject to hydrolysis) is 1. The highest BCUT2D eigenvalue weighted by atomic mass is 16.6. The van der Waals surface area contributed by atoms with E-state index >= 15 is 0 Å². The van der Waals surface area contributed by atoms with Crippen LogP contribution in [0.5, 0.6) is 0 Å². The molecule has 0 saturated heterocycles. The molecule has 1 aliphatic carbocycles. The summed E-state index contributed by atoms with van der Waals surface area (Å²) in [7, 11) is 0. The van der Waals surface area contributed by atoms with Crippen LogP contribution >= 0.6 is 0 Å². The van der Waals surface area contributed by atoms with Crippen LogP contribution < -0.4 is 5.32 Å². The van der Waals surface area contributed by atoms with Gasteiger partial charge in [-0.25, -0.2) is 4.79 Å². The first-order valence-corrected chi connectivity index (χ1v) is 8.12. The molecule has 3 atom stereocenters. The van der Waals surface area contributed by atoms with Gasteiger partial charge in [0.05, 0.1) is 19.3 Å². The molecule has 1 aromatic carbocycles. The number of benzene rings is 1. The van der Waals surface area contributed by atoms with Crippen LogP contribution in [0.1, 0.15) is 32.8 Å². The maximum Gasteiger partial charge on any atom is 0.407 e. The first-order chi connectivity index (χ1) is 10.8. The lowest BCUT2D eigenvalue weighted by molar-refractivity contribution is 0.0470. The van der Waals surface area contributed by atoms with Crippen LogP contribution in [0, 0.1) is 11.8 Å².